The lowest BCUT2D eigenvalue weighted by atomic mass is 9.83. The molecule has 0 aromatic heterocycles. The normalized spacial score (nSPS) is 22.5. The van der Waals surface area contributed by atoms with Crippen molar-refractivity contribution in [2.45, 2.75) is 154 Å². The van der Waals surface area contributed by atoms with Crippen molar-refractivity contribution >= 4 is 33.7 Å². The molecule has 0 radical (unpaired) electrons. The van der Waals surface area contributed by atoms with Gasteiger partial charge in [-0.05, 0) is 64.2 Å². The molecule has 3 rings (SSSR count). The zero-order chi connectivity index (χ0) is 35.2. The monoisotopic (exact) mass is 688 g/mol. The first-order valence-electron chi connectivity index (χ1n) is 17.1. The molecule has 4 amide bonds. The molecule has 0 aromatic carbocycles. The maximum atomic E-state index is 13.6. The molecule has 2 unspecified atom stereocenters. The number of Topliss-reactive ketones (excluding diaryl/α,β-unsaturated/α-hetero) is 1. The summed E-state index contributed by atoms with van der Waals surface area (Å²) in [5.41, 5.74) is -3.07. The highest BCUT2D eigenvalue weighted by molar-refractivity contribution is 7.89. The van der Waals surface area contributed by atoms with Crippen LogP contribution >= 0.6 is 0 Å². The molecule has 2 saturated carbocycles. The summed E-state index contributed by atoms with van der Waals surface area (Å²) in [7, 11) is -3.97. The second-order valence-electron chi connectivity index (χ2n) is 15.4. The van der Waals surface area contributed by atoms with Gasteiger partial charge < -0.3 is 26.4 Å². The summed E-state index contributed by atoms with van der Waals surface area (Å²) in [6, 6.07) is -3.30. The maximum absolute atomic E-state index is 13.6. The van der Waals surface area contributed by atoms with Gasteiger partial charge in [0, 0.05) is 12.6 Å². The van der Waals surface area contributed by atoms with Gasteiger partial charge in [0.25, 0.3) is 5.91 Å². The Morgan fingerprint density at radius 2 is 1.62 bits per heavy atom. The molecule has 3 aliphatic rings. The summed E-state index contributed by atoms with van der Waals surface area (Å²) in [5, 5.41) is 22.9. The van der Waals surface area contributed by atoms with Gasteiger partial charge >= 0.3 is 6.03 Å². The van der Waals surface area contributed by atoms with Gasteiger partial charge in [-0.15, -0.1) is 0 Å². The molecule has 1 saturated heterocycles. The van der Waals surface area contributed by atoms with Gasteiger partial charge in [-0.1, -0.05) is 53.4 Å². The Bertz CT molecular complexity index is 1230. The van der Waals surface area contributed by atoms with Crippen LogP contribution in [0.5, 0.6) is 0 Å². The molecule has 4 atom stereocenters. The van der Waals surface area contributed by atoms with Crippen molar-refractivity contribution in [1.29, 1.82) is 0 Å². The highest BCUT2D eigenvalue weighted by Crippen LogP contribution is 2.32. The first-order chi connectivity index (χ1) is 21.8. The molecule has 270 valence electrons. The number of alkyl halides is 1. The molecule has 1 heterocycles. The number of hydrogen-bond acceptors (Lipinski definition) is 8. The first-order valence-corrected chi connectivity index (χ1v) is 18.7. The van der Waals surface area contributed by atoms with E-state index in [4.69, 9.17) is 0 Å². The highest BCUT2D eigenvalue weighted by atomic mass is 32.2. The number of urea groups is 1. The van der Waals surface area contributed by atoms with Gasteiger partial charge in [-0.25, -0.2) is 22.3 Å². The van der Waals surface area contributed by atoms with Crippen LogP contribution in [0, 0.1) is 5.41 Å². The second-order valence-corrected chi connectivity index (χ2v) is 17.2. The number of carbonyl (C=O) groups is 4. The number of likely N-dealkylation sites (tertiary alicyclic amines) is 1. The molecule has 2 aliphatic carbocycles. The number of aliphatic hydroxyl groups is 1. The standard InChI is InChI=1S/C32H57FN6O7S/c1-7-12-22(24(40)27(42)34-21-14-15-21)35-26(41)23-13-11-18-39(23)28(43)25(30(2,3)4)36-29(44)37-32(16-9-8-10-17-32)20-47(45,46)38-31(5,6)19-33/h21-23,25,28,38,43H,7-20H2,1-6H3,(H,34,42)(H,35,41)(H2,36,37,44)/t22?,23-,25+,28?/m0/s1. The Kier molecular flexibility index (Phi) is 13.2. The Morgan fingerprint density at radius 1 is 0.979 bits per heavy atom. The number of nitrogens with one attached hydrogen (secondary N) is 5. The molecule has 47 heavy (non-hydrogen) atoms. The molecule has 0 bridgehead atoms. The predicted molar refractivity (Wildman–Crippen MR) is 176 cm³/mol. The van der Waals surface area contributed by atoms with Crippen LogP contribution in [0.3, 0.4) is 0 Å². The quantitative estimate of drug-likeness (QED) is 0.133. The fourth-order valence-electron chi connectivity index (χ4n) is 6.58. The molecular formula is C32H57FN6O7S. The summed E-state index contributed by atoms with van der Waals surface area (Å²) < 4.78 is 42.0. The largest absolute Gasteiger partial charge is 0.376 e. The number of ketones is 1. The van der Waals surface area contributed by atoms with Crippen molar-refractivity contribution in [2.24, 2.45) is 5.41 Å². The zero-order valence-corrected chi connectivity index (χ0v) is 29.7. The molecule has 0 spiro atoms. The van der Waals surface area contributed by atoms with E-state index in [1.165, 1.54) is 13.8 Å². The van der Waals surface area contributed by atoms with Crippen molar-refractivity contribution in [3.63, 3.8) is 0 Å². The van der Waals surface area contributed by atoms with Crippen LogP contribution in [0.15, 0.2) is 0 Å². The van der Waals surface area contributed by atoms with Gasteiger partial charge in [0.05, 0.1) is 35.0 Å². The summed E-state index contributed by atoms with van der Waals surface area (Å²) in [4.78, 5) is 54.0. The number of sulfonamides is 1. The van der Waals surface area contributed by atoms with Crippen LogP contribution in [0.25, 0.3) is 0 Å². The van der Waals surface area contributed by atoms with Gasteiger partial charge in [-0.3, -0.25) is 19.3 Å². The average molecular weight is 689 g/mol. The Balaban J connectivity index is 1.73. The smallest absolute Gasteiger partial charge is 0.315 e. The molecule has 15 heteroatoms. The molecule has 0 aromatic rings. The SMILES string of the molecule is CCCC(NC(=O)[C@@H]1CCCN1C(O)[C@@H](NC(=O)NC1(CS(=O)(=O)NC(C)(C)CF)CCCCC1)C(C)(C)C)C(=O)C(=O)NC1CC1. The van der Waals surface area contributed by atoms with E-state index in [1.807, 2.05) is 27.7 Å². The predicted octanol–water partition coefficient (Wildman–Crippen LogP) is 1.99. The van der Waals surface area contributed by atoms with Crippen LogP contribution in [0.1, 0.15) is 112 Å². The van der Waals surface area contributed by atoms with Crippen molar-refractivity contribution in [1.82, 2.24) is 30.9 Å². The summed E-state index contributed by atoms with van der Waals surface area (Å²) >= 11 is 0. The van der Waals surface area contributed by atoms with E-state index in [0.29, 0.717) is 57.9 Å². The van der Waals surface area contributed by atoms with Gasteiger partial charge in [-0.2, -0.15) is 0 Å². The molecular weight excluding hydrogens is 631 g/mol. The minimum atomic E-state index is -3.97. The number of rotatable bonds is 16. The van der Waals surface area contributed by atoms with Crippen LogP contribution in [0.4, 0.5) is 9.18 Å². The molecule has 6 N–H and O–H groups in total. The van der Waals surface area contributed by atoms with Gasteiger partial charge in [0.1, 0.15) is 12.9 Å². The van der Waals surface area contributed by atoms with Crippen molar-refractivity contribution < 1.29 is 37.1 Å². The maximum Gasteiger partial charge on any atom is 0.315 e. The minimum absolute atomic E-state index is 0.00602. The zero-order valence-electron chi connectivity index (χ0n) is 28.9. The third-order valence-electron chi connectivity index (χ3n) is 9.22. The third-order valence-corrected chi connectivity index (χ3v) is 11.0. The van der Waals surface area contributed by atoms with E-state index in [9.17, 15) is 37.1 Å². The van der Waals surface area contributed by atoms with Crippen LogP contribution < -0.4 is 26.0 Å². The number of carbonyl (C=O) groups excluding carboxylic acids is 4. The lowest BCUT2D eigenvalue weighted by Gasteiger charge is -2.43. The van der Waals surface area contributed by atoms with Gasteiger partial charge in [0.15, 0.2) is 0 Å². The fourth-order valence-corrected chi connectivity index (χ4v) is 8.64. The molecule has 13 nitrogen and oxygen atoms in total. The van der Waals surface area contributed by atoms with Crippen molar-refractivity contribution in [3.05, 3.63) is 0 Å². The van der Waals surface area contributed by atoms with E-state index >= 15 is 0 Å². The third kappa shape index (κ3) is 11.4. The van der Waals surface area contributed by atoms with Crippen molar-refractivity contribution in [2.75, 3.05) is 19.0 Å². The average Bonchev–Trinajstić information content (AvgIpc) is 3.64. The number of nitrogens with zero attached hydrogens (tertiary/aromatic N) is 1. The number of aliphatic hydroxyl groups excluding tert-OH is 1. The van der Waals surface area contributed by atoms with Gasteiger partial charge in [0.2, 0.25) is 21.7 Å². The Labute approximate surface area is 279 Å². The van der Waals surface area contributed by atoms with E-state index in [0.717, 1.165) is 19.3 Å². The van der Waals surface area contributed by atoms with Crippen LogP contribution in [-0.2, 0) is 24.4 Å². The Hall–Kier alpha value is -2.36. The summed E-state index contributed by atoms with van der Waals surface area (Å²) in [5.74, 6) is -2.28. The minimum Gasteiger partial charge on any atom is -0.376 e. The summed E-state index contributed by atoms with van der Waals surface area (Å²) in [6.45, 7) is 9.75. The lowest BCUT2D eigenvalue weighted by molar-refractivity contribution is -0.141. The Morgan fingerprint density at radius 3 is 2.17 bits per heavy atom. The first kappa shape index (κ1) is 39.1. The van der Waals surface area contributed by atoms with E-state index in [2.05, 4.69) is 26.0 Å². The van der Waals surface area contributed by atoms with E-state index in [-0.39, 0.29) is 6.04 Å². The van der Waals surface area contributed by atoms with Crippen LogP contribution in [0.2, 0.25) is 0 Å². The number of amides is 4. The van der Waals surface area contributed by atoms with E-state index in [1.54, 1.807) is 4.90 Å². The lowest BCUT2D eigenvalue weighted by Crippen LogP contribution is -2.65. The number of hydrogen-bond donors (Lipinski definition) is 6. The van der Waals surface area contributed by atoms with Crippen LogP contribution in [-0.4, -0.2) is 102 Å². The summed E-state index contributed by atoms with van der Waals surface area (Å²) in [6.07, 6.45) is 5.39. The highest BCUT2D eigenvalue weighted by Gasteiger charge is 2.45. The fraction of sp³-hybridized carbons (Fsp3) is 0.875. The topological polar surface area (TPSA) is 186 Å². The molecule has 3 fully saturated rings. The van der Waals surface area contributed by atoms with Crippen molar-refractivity contribution in [3.8, 4) is 0 Å². The second kappa shape index (κ2) is 15.9. The molecule has 1 aliphatic heterocycles. The van der Waals surface area contributed by atoms with E-state index < -0.39 is 86.9 Å². The number of halogens is 1.